The van der Waals surface area contributed by atoms with Gasteiger partial charge in [-0.25, -0.2) is 9.78 Å². The molecule has 8 nitrogen and oxygen atoms in total. The zero-order chi connectivity index (χ0) is 21.3. The average molecular weight is 432 g/mol. The number of amides is 3. The van der Waals surface area contributed by atoms with Crippen LogP contribution in [0.1, 0.15) is 32.5 Å². The van der Waals surface area contributed by atoms with E-state index in [2.05, 4.69) is 15.6 Å². The molecule has 0 saturated carbocycles. The number of nitrogens with one attached hydrogen (secondary N) is 2. The summed E-state index contributed by atoms with van der Waals surface area (Å²) in [6, 6.07) is 6.98. The van der Waals surface area contributed by atoms with Crippen molar-refractivity contribution < 1.29 is 14.3 Å². The molecule has 2 aliphatic rings. The van der Waals surface area contributed by atoms with Crippen LogP contribution in [0.3, 0.4) is 0 Å². The average Bonchev–Trinajstić information content (AvgIpc) is 3.19. The number of hydrogen-bond donors (Lipinski definition) is 2. The molecule has 2 aromatic rings. The van der Waals surface area contributed by atoms with Gasteiger partial charge in [0.15, 0.2) is 6.10 Å². The molecule has 1 atom stereocenters. The number of carbonyl (C=O) groups excluding carboxylic acids is 2. The van der Waals surface area contributed by atoms with Gasteiger partial charge in [-0.15, -0.1) is 0 Å². The number of fused-ring (bicyclic) bond motifs is 2. The van der Waals surface area contributed by atoms with Crippen molar-refractivity contribution in [2.45, 2.75) is 51.0 Å². The third-order valence-corrected chi connectivity index (χ3v) is 5.78. The predicted molar refractivity (Wildman–Crippen MR) is 113 cm³/mol. The Morgan fingerprint density at radius 1 is 1.23 bits per heavy atom. The van der Waals surface area contributed by atoms with Crippen LogP contribution in [0.4, 0.5) is 10.5 Å². The molecular formula is C21H26ClN5O3. The first-order valence-corrected chi connectivity index (χ1v) is 10.6. The normalized spacial score (nSPS) is 20.1. The first-order chi connectivity index (χ1) is 14.4. The van der Waals surface area contributed by atoms with Crippen molar-refractivity contribution >= 4 is 29.2 Å². The molecular weight excluding hydrogens is 406 g/mol. The summed E-state index contributed by atoms with van der Waals surface area (Å²) in [7, 11) is 0. The lowest BCUT2D eigenvalue weighted by Crippen LogP contribution is -2.55. The number of aromatic nitrogens is 2. The zero-order valence-corrected chi connectivity index (χ0v) is 17.9. The second-order valence-electron chi connectivity index (χ2n) is 8.09. The van der Waals surface area contributed by atoms with Gasteiger partial charge in [0, 0.05) is 55.1 Å². The van der Waals surface area contributed by atoms with Crippen LogP contribution in [0.15, 0.2) is 36.7 Å². The van der Waals surface area contributed by atoms with E-state index in [4.69, 9.17) is 16.3 Å². The van der Waals surface area contributed by atoms with E-state index in [-0.39, 0.29) is 18.0 Å². The number of imidazole rings is 1. The van der Waals surface area contributed by atoms with Crippen molar-refractivity contribution in [1.82, 2.24) is 19.8 Å². The summed E-state index contributed by atoms with van der Waals surface area (Å²) in [5.74, 6) is 0.609. The maximum atomic E-state index is 12.9. The Labute approximate surface area is 180 Å². The summed E-state index contributed by atoms with van der Waals surface area (Å²) >= 11 is 5.92. The Hall–Kier alpha value is -2.58. The molecule has 0 unspecified atom stereocenters. The number of halogens is 1. The van der Waals surface area contributed by atoms with Gasteiger partial charge in [-0.05, 0) is 38.1 Å². The first-order valence-electron chi connectivity index (χ1n) is 10.2. The zero-order valence-electron chi connectivity index (χ0n) is 17.1. The minimum Gasteiger partial charge on any atom is -0.352 e. The van der Waals surface area contributed by atoms with Gasteiger partial charge >= 0.3 is 6.03 Å². The Kier molecular flexibility index (Phi) is 5.71. The van der Waals surface area contributed by atoms with Gasteiger partial charge in [-0.2, -0.15) is 0 Å². The second-order valence-corrected chi connectivity index (χ2v) is 8.53. The number of nitrogens with zero attached hydrogens (tertiary/aromatic N) is 3. The lowest BCUT2D eigenvalue weighted by molar-refractivity contribution is -0.167. The molecule has 1 saturated heterocycles. The van der Waals surface area contributed by atoms with E-state index < -0.39 is 11.7 Å². The fraction of sp³-hybridized carbons (Fsp3) is 0.476. The molecule has 160 valence electrons. The molecule has 0 aliphatic carbocycles. The van der Waals surface area contributed by atoms with Gasteiger partial charge < -0.3 is 24.8 Å². The van der Waals surface area contributed by atoms with Gasteiger partial charge in [0.1, 0.15) is 11.4 Å². The quantitative estimate of drug-likeness (QED) is 0.781. The highest BCUT2D eigenvalue weighted by atomic mass is 35.5. The van der Waals surface area contributed by atoms with Crippen molar-refractivity contribution in [3.63, 3.8) is 0 Å². The highest BCUT2D eigenvalue weighted by Gasteiger charge is 2.47. The van der Waals surface area contributed by atoms with Crippen LogP contribution in [0.5, 0.6) is 0 Å². The number of urea groups is 1. The van der Waals surface area contributed by atoms with Crippen molar-refractivity contribution in [3.05, 3.63) is 47.5 Å². The van der Waals surface area contributed by atoms with E-state index in [1.54, 1.807) is 35.4 Å². The summed E-state index contributed by atoms with van der Waals surface area (Å²) in [5, 5.41) is 6.44. The number of benzene rings is 1. The van der Waals surface area contributed by atoms with Crippen LogP contribution in [-0.2, 0) is 21.7 Å². The van der Waals surface area contributed by atoms with E-state index in [1.165, 1.54) is 0 Å². The molecule has 3 amide bonds. The van der Waals surface area contributed by atoms with Crippen molar-refractivity contribution in [2.24, 2.45) is 0 Å². The molecule has 1 aromatic carbocycles. The van der Waals surface area contributed by atoms with Gasteiger partial charge in [0.2, 0.25) is 0 Å². The van der Waals surface area contributed by atoms with Crippen molar-refractivity contribution in [1.29, 1.82) is 0 Å². The van der Waals surface area contributed by atoms with Crippen LogP contribution < -0.4 is 10.6 Å². The minimum atomic E-state index is -0.682. The van der Waals surface area contributed by atoms with Crippen molar-refractivity contribution in [2.75, 3.05) is 18.4 Å². The molecule has 9 heteroatoms. The van der Waals surface area contributed by atoms with Crippen LogP contribution in [0.2, 0.25) is 5.02 Å². The SMILES string of the molecule is CC(C)NC(=O)N1CCC2(CC1)O[C@H](C(=O)Nc1ccc(Cl)cc1)Cn1ccnc12. The number of piperidine rings is 1. The first kappa shape index (κ1) is 20.7. The van der Waals surface area contributed by atoms with E-state index in [0.29, 0.717) is 43.2 Å². The minimum absolute atomic E-state index is 0.0731. The predicted octanol–water partition coefficient (Wildman–Crippen LogP) is 2.98. The van der Waals surface area contributed by atoms with Crippen LogP contribution >= 0.6 is 11.6 Å². The van der Waals surface area contributed by atoms with Gasteiger partial charge in [-0.1, -0.05) is 11.6 Å². The van der Waals surface area contributed by atoms with Crippen LogP contribution in [0.25, 0.3) is 0 Å². The molecule has 2 aliphatic heterocycles. The third kappa shape index (κ3) is 4.15. The smallest absolute Gasteiger partial charge is 0.317 e. The number of likely N-dealkylation sites (tertiary alicyclic amines) is 1. The fourth-order valence-corrected chi connectivity index (χ4v) is 4.17. The maximum absolute atomic E-state index is 12.9. The van der Waals surface area contributed by atoms with Gasteiger partial charge in [-0.3, -0.25) is 4.79 Å². The Morgan fingerprint density at radius 2 is 1.93 bits per heavy atom. The number of anilines is 1. The second kappa shape index (κ2) is 8.28. The number of hydrogen-bond acceptors (Lipinski definition) is 4. The summed E-state index contributed by atoms with van der Waals surface area (Å²) in [6.07, 6.45) is 4.12. The molecule has 1 fully saturated rings. The molecule has 1 aromatic heterocycles. The van der Waals surface area contributed by atoms with Crippen molar-refractivity contribution in [3.8, 4) is 0 Å². The lowest BCUT2D eigenvalue weighted by Gasteiger charge is -2.45. The summed E-state index contributed by atoms with van der Waals surface area (Å²) in [4.78, 5) is 31.6. The summed E-state index contributed by atoms with van der Waals surface area (Å²) in [6.45, 7) is 5.35. The Bertz CT molecular complexity index is 919. The number of carbonyl (C=O) groups is 2. The summed E-state index contributed by atoms with van der Waals surface area (Å²) in [5.41, 5.74) is -0.0168. The standard InChI is InChI=1S/C21H26ClN5O3/c1-14(2)24-20(29)26-10-7-21(8-11-26)19-23-9-12-27(19)13-17(30-21)18(28)25-16-5-3-15(22)4-6-16/h3-6,9,12,14,17H,7-8,10-11,13H2,1-2H3,(H,24,29)(H,25,28)/t17-/m0/s1. The molecule has 0 bridgehead atoms. The largest absolute Gasteiger partial charge is 0.352 e. The third-order valence-electron chi connectivity index (χ3n) is 5.53. The number of rotatable bonds is 3. The molecule has 3 heterocycles. The van der Waals surface area contributed by atoms with Gasteiger partial charge in [0.05, 0.1) is 6.54 Å². The highest BCUT2D eigenvalue weighted by molar-refractivity contribution is 6.30. The topological polar surface area (TPSA) is 88.5 Å². The Balaban J connectivity index is 1.48. The molecule has 1 spiro atoms. The lowest BCUT2D eigenvalue weighted by atomic mass is 9.88. The Morgan fingerprint density at radius 3 is 2.60 bits per heavy atom. The van der Waals surface area contributed by atoms with E-state index in [0.717, 1.165) is 5.82 Å². The monoisotopic (exact) mass is 431 g/mol. The van der Waals surface area contributed by atoms with E-state index in [1.807, 2.05) is 24.6 Å². The molecule has 2 N–H and O–H groups in total. The molecule has 4 rings (SSSR count). The molecule has 30 heavy (non-hydrogen) atoms. The fourth-order valence-electron chi connectivity index (χ4n) is 4.04. The van der Waals surface area contributed by atoms with E-state index >= 15 is 0 Å². The van der Waals surface area contributed by atoms with Crippen LogP contribution in [0, 0.1) is 0 Å². The van der Waals surface area contributed by atoms with Gasteiger partial charge in [0.25, 0.3) is 5.91 Å². The van der Waals surface area contributed by atoms with Crippen LogP contribution in [-0.4, -0.2) is 51.6 Å². The highest BCUT2D eigenvalue weighted by Crippen LogP contribution is 2.40. The number of ether oxygens (including phenoxy) is 1. The maximum Gasteiger partial charge on any atom is 0.317 e. The summed E-state index contributed by atoms with van der Waals surface area (Å²) < 4.78 is 8.37. The molecule has 0 radical (unpaired) electrons. The van der Waals surface area contributed by atoms with E-state index in [9.17, 15) is 9.59 Å².